The van der Waals surface area contributed by atoms with E-state index in [2.05, 4.69) is 20.3 Å². The highest BCUT2D eigenvalue weighted by atomic mass is 19.4. The van der Waals surface area contributed by atoms with Crippen LogP contribution in [0.1, 0.15) is 26.0 Å². The third-order valence-electron chi connectivity index (χ3n) is 3.26. The maximum absolute atomic E-state index is 13.1. The molecule has 0 bridgehead atoms. The summed E-state index contributed by atoms with van der Waals surface area (Å²) in [6, 6.07) is 2.72. The molecule has 0 fully saturated rings. The Morgan fingerprint density at radius 1 is 1.32 bits per heavy atom. The van der Waals surface area contributed by atoms with E-state index in [0.717, 1.165) is 0 Å². The number of nitrogens with zero attached hydrogens (tertiary/aromatic N) is 3. The fraction of sp³-hybridized carbons (Fsp3) is 0.375. The molecule has 2 heterocycles. The van der Waals surface area contributed by atoms with Gasteiger partial charge in [-0.25, -0.2) is 14.8 Å². The molecule has 0 radical (unpaired) electrons. The summed E-state index contributed by atoms with van der Waals surface area (Å²) in [5, 5.41) is 11.8. The molecule has 25 heavy (non-hydrogen) atoms. The minimum absolute atomic E-state index is 0.0373. The lowest BCUT2D eigenvalue weighted by molar-refractivity contribution is -0.141. The standard InChI is InChI=1S/C16H17F3N4O2/c1-9(2)6-11(15(24)25)21-13-7-12(16(17,18)19)22-14(23-13)10-4-3-5-20-8-10/h3-5,7-9,11H,6H2,1-2H3,(H,24,25)(H,21,22,23)/t11-/m1/s1. The van der Waals surface area contributed by atoms with Crippen LogP contribution in [0.4, 0.5) is 19.0 Å². The molecule has 2 N–H and O–H groups in total. The van der Waals surface area contributed by atoms with Gasteiger partial charge in [0.25, 0.3) is 0 Å². The first-order chi connectivity index (χ1) is 11.7. The average Bonchev–Trinajstić information content (AvgIpc) is 2.53. The topological polar surface area (TPSA) is 88.0 Å². The van der Waals surface area contributed by atoms with Crippen LogP contribution >= 0.6 is 0 Å². The number of pyridine rings is 1. The van der Waals surface area contributed by atoms with Gasteiger partial charge in [-0.3, -0.25) is 4.98 Å². The van der Waals surface area contributed by atoms with Gasteiger partial charge in [-0.2, -0.15) is 13.2 Å². The average molecular weight is 354 g/mol. The van der Waals surface area contributed by atoms with Gasteiger partial charge in [0.15, 0.2) is 11.5 Å². The number of rotatable bonds is 6. The monoisotopic (exact) mass is 354 g/mol. The van der Waals surface area contributed by atoms with Crippen molar-refractivity contribution in [1.82, 2.24) is 15.0 Å². The predicted molar refractivity (Wildman–Crippen MR) is 84.8 cm³/mol. The number of hydrogen-bond donors (Lipinski definition) is 2. The molecule has 0 aliphatic heterocycles. The summed E-state index contributed by atoms with van der Waals surface area (Å²) in [7, 11) is 0. The SMILES string of the molecule is CC(C)C[C@@H](Nc1cc(C(F)(F)F)nc(-c2cccnc2)n1)C(=O)O. The van der Waals surface area contributed by atoms with Crippen LogP contribution < -0.4 is 5.32 Å². The van der Waals surface area contributed by atoms with Gasteiger partial charge in [0, 0.05) is 24.0 Å². The van der Waals surface area contributed by atoms with Crippen molar-refractivity contribution in [2.75, 3.05) is 5.32 Å². The lowest BCUT2D eigenvalue weighted by Gasteiger charge is -2.18. The van der Waals surface area contributed by atoms with Crippen LogP contribution in [0.15, 0.2) is 30.6 Å². The molecule has 0 amide bonds. The normalized spacial score (nSPS) is 12.9. The quantitative estimate of drug-likeness (QED) is 0.826. The molecule has 0 saturated carbocycles. The van der Waals surface area contributed by atoms with E-state index in [1.54, 1.807) is 6.07 Å². The second kappa shape index (κ2) is 7.45. The fourth-order valence-corrected chi connectivity index (χ4v) is 2.16. The zero-order valence-corrected chi connectivity index (χ0v) is 13.6. The Morgan fingerprint density at radius 3 is 2.56 bits per heavy atom. The third kappa shape index (κ3) is 5.13. The number of hydrogen-bond acceptors (Lipinski definition) is 5. The maximum Gasteiger partial charge on any atom is 0.433 e. The van der Waals surface area contributed by atoms with Gasteiger partial charge in [-0.05, 0) is 24.5 Å². The number of alkyl halides is 3. The number of halogens is 3. The lowest BCUT2D eigenvalue weighted by atomic mass is 10.0. The smallest absolute Gasteiger partial charge is 0.433 e. The Kier molecular flexibility index (Phi) is 5.55. The molecule has 2 aromatic rings. The molecule has 1 atom stereocenters. The van der Waals surface area contributed by atoms with E-state index >= 15 is 0 Å². The summed E-state index contributed by atoms with van der Waals surface area (Å²) >= 11 is 0. The van der Waals surface area contributed by atoms with Crippen molar-refractivity contribution in [3.05, 3.63) is 36.3 Å². The van der Waals surface area contributed by atoms with E-state index in [1.165, 1.54) is 18.5 Å². The van der Waals surface area contributed by atoms with Gasteiger partial charge >= 0.3 is 12.1 Å². The maximum atomic E-state index is 13.1. The number of carbonyl (C=O) groups is 1. The molecule has 0 aliphatic carbocycles. The van der Waals surface area contributed by atoms with Gasteiger partial charge in [0.05, 0.1) is 0 Å². The number of carboxylic acid groups (broad SMARTS) is 1. The van der Waals surface area contributed by atoms with Crippen molar-refractivity contribution >= 4 is 11.8 Å². The Labute approximate surface area is 142 Å². The molecule has 0 aromatic carbocycles. The zero-order valence-electron chi connectivity index (χ0n) is 13.6. The van der Waals surface area contributed by atoms with Gasteiger partial charge in [0.2, 0.25) is 0 Å². The summed E-state index contributed by atoms with van der Waals surface area (Å²) in [5.74, 6) is -1.51. The molecule has 0 aliphatic rings. The Balaban J connectivity index is 2.44. The molecule has 6 nitrogen and oxygen atoms in total. The van der Waals surface area contributed by atoms with E-state index in [4.69, 9.17) is 0 Å². The highest BCUT2D eigenvalue weighted by Gasteiger charge is 2.34. The molecule has 9 heteroatoms. The van der Waals surface area contributed by atoms with Crippen LogP contribution in [0.5, 0.6) is 0 Å². The fourth-order valence-electron chi connectivity index (χ4n) is 2.16. The van der Waals surface area contributed by atoms with E-state index in [0.29, 0.717) is 11.6 Å². The number of aliphatic carboxylic acids is 1. The number of anilines is 1. The second-order valence-corrected chi connectivity index (χ2v) is 5.87. The molecular weight excluding hydrogens is 337 g/mol. The van der Waals surface area contributed by atoms with Crippen LogP contribution in [0.3, 0.4) is 0 Å². The first-order valence-electron chi connectivity index (χ1n) is 7.53. The minimum atomic E-state index is -4.69. The van der Waals surface area contributed by atoms with Gasteiger partial charge in [0.1, 0.15) is 11.9 Å². The van der Waals surface area contributed by atoms with Crippen molar-refractivity contribution in [3.8, 4) is 11.4 Å². The molecule has 0 saturated heterocycles. The predicted octanol–water partition coefficient (Wildman–Crippen LogP) is 3.47. The van der Waals surface area contributed by atoms with Crippen molar-refractivity contribution in [3.63, 3.8) is 0 Å². The number of nitrogens with one attached hydrogen (secondary N) is 1. The molecule has 2 aromatic heterocycles. The largest absolute Gasteiger partial charge is 0.480 e. The summed E-state index contributed by atoms with van der Waals surface area (Å²) in [5.41, 5.74) is -0.857. The molecule has 134 valence electrons. The Hall–Kier alpha value is -2.71. The van der Waals surface area contributed by atoms with Crippen LogP contribution in [0.25, 0.3) is 11.4 Å². The second-order valence-electron chi connectivity index (χ2n) is 5.87. The summed E-state index contributed by atoms with van der Waals surface area (Å²) in [6.45, 7) is 3.64. The van der Waals surface area contributed by atoms with Crippen LogP contribution in [-0.4, -0.2) is 32.1 Å². The van der Waals surface area contributed by atoms with Gasteiger partial charge in [-0.1, -0.05) is 13.8 Å². The Morgan fingerprint density at radius 2 is 2.04 bits per heavy atom. The van der Waals surface area contributed by atoms with Gasteiger partial charge in [-0.15, -0.1) is 0 Å². The highest BCUT2D eigenvalue weighted by molar-refractivity contribution is 5.77. The minimum Gasteiger partial charge on any atom is -0.480 e. The van der Waals surface area contributed by atoms with E-state index < -0.39 is 23.9 Å². The first-order valence-corrected chi connectivity index (χ1v) is 7.53. The number of carboxylic acids is 1. The summed E-state index contributed by atoms with van der Waals surface area (Å²) in [4.78, 5) is 22.7. The lowest BCUT2D eigenvalue weighted by Crippen LogP contribution is -2.31. The third-order valence-corrected chi connectivity index (χ3v) is 3.26. The highest BCUT2D eigenvalue weighted by Crippen LogP contribution is 2.31. The summed E-state index contributed by atoms with van der Waals surface area (Å²) in [6.07, 6.45) is -1.64. The number of aromatic nitrogens is 3. The van der Waals surface area contributed by atoms with Crippen LogP contribution in [0, 0.1) is 5.92 Å². The van der Waals surface area contributed by atoms with Crippen molar-refractivity contribution in [1.29, 1.82) is 0 Å². The van der Waals surface area contributed by atoms with Crippen molar-refractivity contribution in [2.45, 2.75) is 32.5 Å². The van der Waals surface area contributed by atoms with E-state index in [-0.39, 0.29) is 24.0 Å². The first kappa shape index (κ1) is 18.6. The van der Waals surface area contributed by atoms with Crippen molar-refractivity contribution in [2.24, 2.45) is 5.92 Å². The van der Waals surface area contributed by atoms with E-state index in [1.807, 2.05) is 13.8 Å². The van der Waals surface area contributed by atoms with E-state index in [9.17, 15) is 23.1 Å². The van der Waals surface area contributed by atoms with Crippen LogP contribution in [0.2, 0.25) is 0 Å². The molecule has 0 spiro atoms. The molecule has 2 rings (SSSR count). The van der Waals surface area contributed by atoms with Crippen LogP contribution in [-0.2, 0) is 11.0 Å². The van der Waals surface area contributed by atoms with Crippen molar-refractivity contribution < 1.29 is 23.1 Å². The molecular formula is C16H17F3N4O2. The Bertz CT molecular complexity index is 736. The van der Waals surface area contributed by atoms with Gasteiger partial charge < -0.3 is 10.4 Å². The molecule has 0 unspecified atom stereocenters. The summed E-state index contributed by atoms with van der Waals surface area (Å²) < 4.78 is 39.4. The zero-order chi connectivity index (χ0) is 18.6.